The van der Waals surface area contributed by atoms with Gasteiger partial charge in [0, 0.05) is 5.56 Å². The molecule has 2 rings (SSSR count). The monoisotopic (exact) mass is 295 g/mol. The third kappa shape index (κ3) is 5.38. The van der Waals surface area contributed by atoms with E-state index in [1.807, 2.05) is 42.5 Å². The molecule has 0 aliphatic heterocycles. The molecule has 0 aliphatic carbocycles. The minimum atomic E-state index is -0.495. The lowest BCUT2D eigenvalue weighted by Crippen LogP contribution is -2.27. The molecule has 0 amide bonds. The number of fused-ring (bicyclic) bond motifs is 1. The fraction of sp³-hybridized carbons (Fsp3) is 0.200. The van der Waals surface area contributed by atoms with Crippen molar-refractivity contribution in [1.29, 1.82) is 0 Å². The van der Waals surface area contributed by atoms with Gasteiger partial charge in [0.15, 0.2) is 0 Å². The Labute approximate surface area is 124 Å². The zero-order valence-electron chi connectivity index (χ0n) is 11.4. The largest absolute Gasteiger partial charge is 0.468 e. The van der Waals surface area contributed by atoms with Crippen molar-refractivity contribution in [3.05, 3.63) is 48.0 Å². The van der Waals surface area contributed by atoms with Crippen LogP contribution in [0.15, 0.2) is 42.5 Å². The van der Waals surface area contributed by atoms with Gasteiger partial charge in [0.1, 0.15) is 12.3 Å². The molecule has 0 heterocycles. The zero-order valence-corrected chi connectivity index (χ0v) is 12.2. The summed E-state index contributed by atoms with van der Waals surface area (Å²) in [7, 11) is 1.31. The first-order chi connectivity index (χ1) is 9.08. The summed E-state index contributed by atoms with van der Waals surface area (Å²) in [5.74, 6) is -0.375. The number of benzene rings is 2. The number of carbonyl (C=O) groups is 2. The molecule has 0 fully saturated rings. The molecule has 0 saturated carbocycles. The Morgan fingerprint density at radius 2 is 1.80 bits per heavy atom. The fourth-order valence-corrected chi connectivity index (χ4v) is 1.47. The van der Waals surface area contributed by atoms with Crippen LogP contribution < -0.4 is 5.73 Å². The Morgan fingerprint density at radius 3 is 2.25 bits per heavy atom. The summed E-state index contributed by atoms with van der Waals surface area (Å²) in [6, 6.07) is 13.2. The average molecular weight is 296 g/mol. The van der Waals surface area contributed by atoms with Gasteiger partial charge in [0.25, 0.3) is 0 Å². The fourth-order valence-electron chi connectivity index (χ4n) is 1.47. The quantitative estimate of drug-likeness (QED) is 0.683. The molecule has 0 aromatic heterocycles. The van der Waals surface area contributed by atoms with Gasteiger partial charge < -0.3 is 10.5 Å². The van der Waals surface area contributed by atoms with Crippen molar-refractivity contribution >= 4 is 35.4 Å². The summed E-state index contributed by atoms with van der Waals surface area (Å²) in [6.45, 7) is 1.58. The van der Waals surface area contributed by atoms with Crippen LogP contribution in [0.5, 0.6) is 0 Å². The van der Waals surface area contributed by atoms with Gasteiger partial charge in [0.2, 0.25) is 0 Å². The van der Waals surface area contributed by atoms with E-state index in [1.165, 1.54) is 12.5 Å². The number of nitrogens with two attached hydrogens (primary N) is 1. The van der Waals surface area contributed by atoms with Gasteiger partial charge >= 0.3 is 5.97 Å². The van der Waals surface area contributed by atoms with E-state index in [0.29, 0.717) is 0 Å². The van der Waals surface area contributed by atoms with Crippen molar-refractivity contribution < 1.29 is 14.3 Å². The average Bonchev–Trinajstić information content (AvgIpc) is 2.46. The number of carbonyl (C=O) groups excluding carboxylic acids is 2. The Balaban J connectivity index is 0.000000396. The first kappa shape index (κ1) is 18.1. The second kappa shape index (κ2) is 9.07. The Hall–Kier alpha value is -1.91. The molecular formula is C15H18ClNO3. The Bertz CT molecular complexity index is 570. The van der Waals surface area contributed by atoms with Gasteiger partial charge in [-0.2, -0.15) is 0 Å². The Kier molecular flexibility index (Phi) is 8.20. The molecule has 2 aromatic carbocycles. The van der Waals surface area contributed by atoms with E-state index in [0.717, 1.165) is 17.2 Å². The van der Waals surface area contributed by atoms with Crippen molar-refractivity contribution in [1.82, 2.24) is 0 Å². The van der Waals surface area contributed by atoms with Crippen LogP contribution in [0.2, 0.25) is 0 Å². The molecule has 2 aromatic rings. The molecule has 108 valence electrons. The van der Waals surface area contributed by atoms with Crippen molar-refractivity contribution in [3.8, 4) is 0 Å². The van der Waals surface area contributed by atoms with Gasteiger partial charge in [-0.15, -0.1) is 12.4 Å². The van der Waals surface area contributed by atoms with Gasteiger partial charge in [-0.05, 0) is 23.8 Å². The lowest BCUT2D eigenvalue weighted by Gasteiger charge is -1.98. The highest BCUT2D eigenvalue weighted by molar-refractivity contribution is 5.88. The van der Waals surface area contributed by atoms with Gasteiger partial charge in [-0.3, -0.25) is 9.59 Å². The van der Waals surface area contributed by atoms with Crippen molar-refractivity contribution in [2.24, 2.45) is 5.73 Å². The lowest BCUT2D eigenvalue weighted by atomic mass is 10.1. The van der Waals surface area contributed by atoms with E-state index in [9.17, 15) is 9.59 Å². The molecule has 1 atom stereocenters. The van der Waals surface area contributed by atoms with Crippen LogP contribution in [0.1, 0.15) is 17.3 Å². The summed E-state index contributed by atoms with van der Waals surface area (Å²) in [5, 5.41) is 2.28. The van der Waals surface area contributed by atoms with Crippen LogP contribution in [0.4, 0.5) is 0 Å². The lowest BCUT2D eigenvalue weighted by molar-refractivity contribution is -0.141. The SMILES string of the molecule is COC(=O)[C@H](C)N.Cl.O=Cc1ccc2ccccc2c1. The van der Waals surface area contributed by atoms with Crippen molar-refractivity contribution in [2.45, 2.75) is 13.0 Å². The van der Waals surface area contributed by atoms with E-state index >= 15 is 0 Å². The summed E-state index contributed by atoms with van der Waals surface area (Å²) in [5.41, 5.74) is 5.80. The molecule has 0 bridgehead atoms. The highest BCUT2D eigenvalue weighted by atomic mass is 35.5. The number of rotatable bonds is 2. The van der Waals surface area contributed by atoms with Crippen LogP contribution in [-0.4, -0.2) is 25.4 Å². The number of ether oxygens (including phenoxy) is 1. The normalized spacial score (nSPS) is 10.6. The van der Waals surface area contributed by atoms with Crippen molar-refractivity contribution in [2.75, 3.05) is 7.11 Å². The zero-order chi connectivity index (χ0) is 14.3. The third-order valence-electron chi connectivity index (χ3n) is 2.48. The third-order valence-corrected chi connectivity index (χ3v) is 2.48. The predicted octanol–water partition coefficient (Wildman–Crippen LogP) is 2.58. The molecular weight excluding hydrogens is 278 g/mol. The van der Waals surface area contributed by atoms with Crippen LogP contribution in [0, 0.1) is 0 Å². The first-order valence-corrected chi connectivity index (χ1v) is 5.86. The van der Waals surface area contributed by atoms with E-state index in [1.54, 1.807) is 6.92 Å². The molecule has 0 radical (unpaired) electrons. The summed E-state index contributed by atoms with van der Waals surface area (Å²) in [4.78, 5) is 20.6. The van der Waals surface area contributed by atoms with E-state index in [2.05, 4.69) is 4.74 Å². The standard InChI is InChI=1S/C11H8O.C4H9NO2.ClH/c12-8-9-5-6-10-3-1-2-4-11(10)7-9;1-3(5)4(6)7-2;/h1-8H;3H,5H2,1-2H3;1H/t;3-;/m.0./s1. The van der Waals surface area contributed by atoms with Crippen LogP contribution in [0.3, 0.4) is 0 Å². The molecule has 4 nitrogen and oxygen atoms in total. The first-order valence-electron chi connectivity index (χ1n) is 5.86. The highest BCUT2D eigenvalue weighted by Crippen LogP contribution is 2.14. The molecule has 0 unspecified atom stereocenters. The van der Waals surface area contributed by atoms with E-state index < -0.39 is 6.04 Å². The number of methoxy groups -OCH3 is 1. The molecule has 0 aliphatic rings. The van der Waals surface area contributed by atoms with Crippen LogP contribution in [-0.2, 0) is 9.53 Å². The van der Waals surface area contributed by atoms with E-state index in [4.69, 9.17) is 5.73 Å². The second-order valence-electron chi connectivity index (χ2n) is 4.04. The predicted molar refractivity (Wildman–Crippen MR) is 82.2 cm³/mol. The maximum Gasteiger partial charge on any atom is 0.322 e. The summed E-state index contributed by atoms with van der Waals surface area (Å²) < 4.78 is 4.25. The molecule has 2 N–H and O–H groups in total. The number of esters is 1. The maximum atomic E-state index is 10.5. The topological polar surface area (TPSA) is 69.4 Å². The number of hydrogen-bond acceptors (Lipinski definition) is 4. The second-order valence-corrected chi connectivity index (χ2v) is 4.04. The Morgan fingerprint density at radius 1 is 1.20 bits per heavy atom. The molecule has 20 heavy (non-hydrogen) atoms. The molecule has 5 heteroatoms. The molecule has 0 saturated heterocycles. The van der Waals surface area contributed by atoms with Crippen molar-refractivity contribution in [3.63, 3.8) is 0 Å². The molecule has 0 spiro atoms. The van der Waals surface area contributed by atoms with Gasteiger partial charge in [-0.25, -0.2) is 0 Å². The van der Waals surface area contributed by atoms with Gasteiger partial charge in [-0.1, -0.05) is 36.4 Å². The number of hydrogen-bond donors (Lipinski definition) is 1. The van der Waals surface area contributed by atoms with Gasteiger partial charge in [0.05, 0.1) is 7.11 Å². The smallest absolute Gasteiger partial charge is 0.322 e. The summed E-state index contributed by atoms with van der Waals surface area (Å²) in [6.07, 6.45) is 0.867. The maximum absolute atomic E-state index is 10.5. The van der Waals surface area contributed by atoms with Crippen LogP contribution in [0.25, 0.3) is 10.8 Å². The summed E-state index contributed by atoms with van der Waals surface area (Å²) >= 11 is 0. The number of halogens is 1. The van der Waals surface area contributed by atoms with E-state index in [-0.39, 0.29) is 18.4 Å². The number of aldehydes is 1. The minimum Gasteiger partial charge on any atom is -0.468 e. The minimum absolute atomic E-state index is 0. The highest BCUT2D eigenvalue weighted by Gasteiger charge is 2.03. The van der Waals surface area contributed by atoms with Crippen LogP contribution >= 0.6 is 12.4 Å².